The highest BCUT2D eigenvalue weighted by Gasteiger charge is 2.63. The molecule has 0 amide bonds. The SMILES string of the molecule is CCB1O[C@@H]2[C@@H](CO[C@@]3(COC(C)=O)OB(CC)O[C@@H]23)O1. The first kappa shape index (κ1) is 15.3. The third kappa shape index (κ3) is 2.73. The van der Waals surface area contributed by atoms with Crippen LogP contribution < -0.4 is 0 Å². The molecule has 0 saturated carbocycles. The van der Waals surface area contributed by atoms with Gasteiger partial charge in [-0.2, -0.15) is 0 Å². The van der Waals surface area contributed by atoms with Crippen molar-refractivity contribution >= 4 is 20.2 Å². The van der Waals surface area contributed by atoms with Crippen LogP contribution in [0.25, 0.3) is 0 Å². The van der Waals surface area contributed by atoms with E-state index in [1.807, 2.05) is 13.8 Å². The molecular formula is C12H20B2O7. The summed E-state index contributed by atoms with van der Waals surface area (Å²) in [6.45, 7) is 5.63. The van der Waals surface area contributed by atoms with Crippen molar-refractivity contribution < 1.29 is 32.9 Å². The fourth-order valence-corrected chi connectivity index (χ4v) is 2.95. The molecule has 3 aliphatic rings. The summed E-state index contributed by atoms with van der Waals surface area (Å²) in [5, 5.41) is 0. The molecule has 0 aromatic heterocycles. The molecule has 9 heteroatoms. The Bertz CT molecular complexity index is 409. The van der Waals surface area contributed by atoms with Gasteiger partial charge in [-0.1, -0.05) is 13.8 Å². The van der Waals surface area contributed by atoms with Gasteiger partial charge in [0.1, 0.15) is 12.7 Å². The van der Waals surface area contributed by atoms with Gasteiger partial charge in [-0.15, -0.1) is 0 Å². The van der Waals surface area contributed by atoms with Crippen LogP contribution in [0.3, 0.4) is 0 Å². The number of carbonyl (C=O) groups is 1. The van der Waals surface area contributed by atoms with Crippen LogP contribution in [0, 0.1) is 0 Å². The summed E-state index contributed by atoms with van der Waals surface area (Å²) in [5.41, 5.74) is 0. The molecule has 0 aromatic carbocycles. The molecule has 0 unspecified atom stereocenters. The van der Waals surface area contributed by atoms with Crippen LogP contribution in [-0.4, -0.2) is 57.5 Å². The van der Waals surface area contributed by atoms with E-state index in [2.05, 4.69) is 0 Å². The molecule has 3 heterocycles. The smallest absolute Gasteiger partial charge is 0.459 e. The first-order valence-corrected chi connectivity index (χ1v) is 7.49. The molecule has 0 bridgehead atoms. The van der Waals surface area contributed by atoms with Gasteiger partial charge < -0.3 is 28.1 Å². The largest absolute Gasteiger partial charge is 0.460 e. The molecule has 0 aromatic rings. The van der Waals surface area contributed by atoms with Gasteiger partial charge in [0, 0.05) is 6.92 Å². The second-order valence-electron chi connectivity index (χ2n) is 5.53. The van der Waals surface area contributed by atoms with Crippen LogP contribution in [0.5, 0.6) is 0 Å². The van der Waals surface area contributed by atoms with Gasteiger partial charge in [0.15, 0.2) is 0 Å². The van der Waals surface area contributed by atoms with Crippen LogP contribution in [-0.2, 0) is 32.9 Å². The average Bonchev–Trinajstić information content (AvgIpc) is 3.05. The number of ether oxygens (including phenoxy) is 2. The molecule has 4 atom stereocenters. The Morgan fingerprint density at radius 1 is 1.24 bits per heavy atom. The zero-order chi connectivity index (χ0) is 15.0. The maximum Gasteiger partial charge on any atom is 0.459 e. The summed E-state index contributed by atoms with van der Waals surface area (Å²) >= 11 is 0. The molecule has 7 nitrogen and oxygen atoms in total. The predicted molar refractivity (Wildman–Crippen MR) is 73.5 cm³/mol. The first-order valence-electron chi connectivity index (χ1n) is 7.49. The third-order valence-corrected chi connectivity index (χ3v) is 4.00. The molecule has 3 aliphatic heterocycles. The number of fused-ring (bicyclic) bond motifs is 3. The number of hydrogen-bond donors (Lipinski definition) is 0. The standard InChI is InChI=1S/C12H20B2O7/c1-4-13-18-9-6-17-12(7-16-8(3)15)11(10(9)19-13)20-14(5-2)21-12/h9-11H,4-7H2,1-3H3/t9-,10-,11+,12+/m1/s1. The lowest BCUT2D eigenvalue weighted by Crippen LogP contribution is -2.60. The van der Waals surface area contributed by atoms with E-state index in [1.54, 1.807) is 0 Å². The van der Waals surface area contributed by atoms with Gasteiger partial charge >= 0.3 is 20.2 Å². The number of esters is 1. The van der Waals surface area contributed by atoms with Crippen molar-refractivity contribution in [2.45, 2.75) is 57.5 Å². The van der Waals surface area contributed by atoms with Crippen molar-refractivity contribution in [2.75, 3.05) is 13.2 Å². The quantitative estimate of drug-likeness (QED) is 0.552. The molecule has 3 rings (SSSR count). The van der Waals surface area contributed by atoms with Crippen LogP contribution in [0.1, 0.15) is 20.8 Å². The van der Waals surface area contributed by atoms with Gasteiger partial charge in [0.2, 0.25) is 5.79 Å². The van der Waals surface area contributed by atoms with Crippen LogP contribution in [0.2, 0.25) is 12.6 Å². The van der Waals surface area contributed by atoms with E-state index in [0.717, 1.165) is 6.32 Å². The minimum Gasteiger partial charge on any atom is -0.460 e. The van der Waals surface area contributed by atoms with Crippen molar-refractivity contribution in [1.82, 2.24) is 0 Å². The Labute approximate surface area is 124 Å². The maximum atomic E-state index is 11.1. The van der Waals surface area contributed by atoms with Gasteiger partial charge in [0.25, 0.3) is 0 Å². The number of rotatable bonds is 4. The summed E-state index contributed by atoms with van der Waals surface area (Å²) in [4.78, 5) is 11.1. The highest BCUT2D eigenvalue weighted by Crippen LogP contribution is 2.42. The molecule has 3 fully saturated rings. The minimum atomic E-state index is -1.10. The van der Waals surface area contributed by atoms with Crippen LogP contribution in [0.15, 0.2) is 0 Å². The molecule has 0 radical (unpaired) electrons. The lowest BCUT2D eigenvalue weighted by atomic mass is 9.86. The lowest BCUT2D eigenvalue weighted by molar-refractivity contribution is -0.272. The maximum absolute atomic E-state index is 11.1. The Morgan fingerprint density at radius 2 is 2.00 bits per heavy atom. The molecule has 0 aliphatic carbocycles. The van der Waals surface area contributed by atoms with E-state index in [4.69, 9.17) is 28.1 Å². The first-order chi connectivity index (χ1) is 10.1. The predicted octanol–water partition coefficient (Wildman–Crippen LogP) is 0.492. The second kappa shape index (κ2) is 5.89. The molecule has 0 spiro atoms. The van der Waals surface area contributed by atoms with E-state index < -0.39 is 19.0 Å². The number of carbonyl (C=O) groups excluding carboxylic acids is 1. The molecular weight excluding hydrogens is 278 g/mol. The van der Waals surface area contributed by atoms with E-state index in [-0.39, 0.29) is 31.9 Å². The third-order valence-electron chi connectivity index (χ3n) is 4.00. The molecule has 21 heavy (non-hydrogen) atoms. The Kier molecular flexibility index (Phi) is 4.29. The molecule has 0 N–H and O–H groups in total. The average molecular weight is 298 g/mol. The Hall–Kier alpha value is -0.600. The van der Waals surface area contributed by atoms with Gasteiger partial charge in [-0.25, -0.2) is 0 Å². The molecule has 3 saturated heterocycles. The van der Waals surface area contributed by atoms with Crippen molar-refractivity contribution in [3.63, 3.8) is 0 Å². The normalized spacial score (nSPS) is 38.3. The van der Waals surface area contributed by atoms with Crippen molar-refractivity contribution in [1.29, 1.82) is 0 Å². The van der Waals surface area contributed by atoms with Crippen LogP contribution >= 0.6 is 0 Å². The Morgan fingerprint density at radius 3 is 2.67 bits per heavy atom. The summed E-state index contributed by atoms with van der Waals surface area (Å²) in [5.74, 6) is -1.48. The summed E-state index contributed by atoms with van der Waals surface area (Å²) < 4.78 is 34.4. The van der Waals surface area contributed by atoms with E-state index >= 15 is 0 Å². The fourth-order valence-electron chi connectivity index (χ4n) is 2.95. The van der Waals surface area contributed by atoms with E-state index in [0.29, 0.717) is 12.9 Å². The number of hydrogen-bond acceptors (Lipinski definition) is 7. The van der Waals surface area contributed by atoms with Gasteiger partial charge in [-0.05, 0) is 12.6 Å². The van der Waals surface area contributed by atoms with Crippen molar-refractivity contribution in [3.05, 3.63) is 0 Å². The summed E-state index contributed by atoms with van der Waals surface area (Å²) in [6.07, 6.45) is 0.531. The fraction of sp³-hybridized carbons (Fsp3) is 0.917. The zero-order valence-electron chi connectivity index (χ0n) is 12.6. The lowest BCUT2D eigenvalue weighted by Gasteiger charge is -2.41. The van der Waals surface area contributed by atoms with E-state index in [1.165, 1.54) is 6.92 Å². The van der Waals surface area contributed by atoms with Crippen LogP contribution in [0.4, 0.5) is 0 Å². The van der Waals surface area contributed by atoms with Gasteiger partial charge in [0.05, 0.1) is 18.8 Å². The Balaban J connectivity index is 1.79. The monoisotopic (exact) mass is 298 g/mol. The van der Waals surface area contributed by atoms with Crippen molar-refractivity contribution in [3.8, 4) is 0 Å². The topological polar surface area (TPSA) is 72.5 Å². The summed E-state index contributed by atoms with van der Waals surface area (Å²) in [7, 11) is -0.647. The zero-order valence-corrected chi connectivity index (χ0v) is 12.6. The highest BCUT2D eigenvalue weighted by atomic mass is 16.8. The molecule has 116 valence electrons. The second-order valence-corrected chi connectivity index (χ2v) is 5.53. The highest BCUT2D eigenvalue weighted by molar-refractivity contribution is 6.46. The minimum absolute atomic E-state index is 0.00707. The van der Waals surface area contributed by atoms with Gasteiger partial charge in [-0.3, -0.25) is 4.79 Å². The summed E-state index contributed by atoms with van der Waals surface area (Å²) in [6, 6.07) is 0. The van der Waals surface area contributed by atoms with Crippen molar-refractivity contribution in [2.24, 2.45) is 0 Å². The van der Waals surface area contributed by atoms with E-state index in [9.17, 15) is 4.79 Å².